The van der Waals surface area contributed by atoms with E-state index < -0.39 is 5.60 Å². The molecule has 0 unspecified atom stereocenters. The minimum absolute atomic E-state index is 0.0492. The largest absolute Gasteiger partial charge is 0.460 e. The van der Waals surface area contributed by atoms with Crippen LogP contribution in [0.25, 0.3) is 0 Å². The van der Waals surface area contributed by atoms with Crippen LogP contribution in [0.5, 0.6) is 0 Å². The molecule has 1 amide bonds. The minimum atomic E-state index is -0.531. The monoisotopic (exact) mass is 283 g/mol. The fraction of sp³-hybridized carbons (Fsp3) is 0.429. The fourth-order valence-corrected chi connectivity index (χ4v) is 1.57. The van der Waals surface area contributed by atoms with E-state index in [4.69, 9.17) is 16.3 Å². The van der Waals surface area contributed by atoms with Crippen LogP contribution in [0.1, 0.15) is 33.6 Å². The number of rotatable bonds is 4. The van der Waals surface area contributed by atoms with Crippen molar-refractivity contribution in [3.05, 3.63) is 29.3 Å². The van der Waals surface area contributed by atoms with Gasteiger partial charge < -0.3 is 10.1 Å². The van der Waals surface area contributed by atoms with E-state index in [-0.39, 0.29) is 24.7 Å². The first kappa shape index (κ1) is 15.5. The van der Waals surface area contributed by atoms with Gasteiger partial charge in [0.05, 0.1) is 17.1 Å². The first-order valence-electron chi connectivity index (χ1n) is 6.04. The summed E-state index contributed by atoms with van der Waals surface area (Å²) in [5, 5.41) is 3.12. The second-order valence-electron chi connectivity index (χ2n) is 5.11. The zero-order valence-electron chi connectivity index (χ0n) is 11.3. The van der Waals surface area contributed by atoms with Gasteiger partial charge in [-0.3, -0.25) is 9.59 Å². The maximum absolute atomic E-state index is 11.7. The quantitative estimate of drug-likeness (QED) is 0.862. The summed E-state index contributed by atoms with van der Waals surface area (Å²) in [6.07, 6.45) is 0.119. The number of nitrogens with one attached hydrogen (secondary N) is 1. The molecule has 1 rings (SSSR count). The maximum atomic E-state index is 11.7. The Morgan fingerprint density at radius 3 is 2.42 bits per heavy atom. The Morgan fingerprint density at radius 2 is 1.84 bits per heavy atom. The number of halogens is 1. The van der Waals surface area contributed by atoms with E-state index in [1.54, 1.807) is 45.0 Å². The van der Waals surface area contributed by atoms with E-state index in [0.29, 0.717) is 10.7 Å². The molecule has 0 bridgehead atoms. The van der Waals surface area contributed by atoms with E-state index >= 15 is 0 Å². The summed E-state index contributed by atoms with van der Waals surface area (Å²) in [5.41, 5.74) is 0.00869. The van der Waals surface area contributed by atoms with E-state index in [2.05, 4.69) is 5.32 Å². The second kappa shape index (κ2) is 6.57. The normalized spacial score (nSPS) is 10.9. The van der Waals surface area contributed by atoms with Crippen LogP contribution in [0.4, 0.5) is 5.69 Å². The van der Waals surface area contributed by atoms with E-state index in [1.165, 1.54) is 0 Å². The Labute approximate surface area is 118 Å². The first-order chi connectivity index (χ1) is 8.78. The number of esters is 1. The van der Waals surface area contributed by atoms with Crippen molar-refractivity contribution < 1.29 is 14.3 Å². The standard InChI is InChI=1S/C14H18ClNO3/c1-14(2,3)19-13(18)9-8-12(17)16-11-7-5-4-6-10(11)15/h4-7H,8-9H2,1-3H3,(H,16,17). The molecule has 0 aromatic heterocycles. The van der Waals surface area contributed by atoms with Crippen molar-refractivity contribution in [2.45, 2.75) is 39.2 Å². The van der Waals surface area contributed by atoms with Gasteiger partial charge in [0.15, 0.2) is 0 Å². The molecule has 0 fully saturated rings. The third-order valence-electron chi connectivity index (χ3n) is 2.12. The lowest BCUT2D eigenvalue weighted by molar-refractivity contribution is -0.155. The molecule has 0 saturated carbocycles. The number of hydrogen-bond acceptors (Lipinski definition) is 3. The number of amides is 1. The molecule has 0 aliphatic heterocycles. The summed E-state index contributed by atoms with van der Waals surface area (Å²) in [6.45, 7) is 5.36. The molecular weight excluding hydrogens is 266 g/mol. The maximum Gasteiger partial charge on any atom is 0.306 e. The lowest BCUT2D eigenvalue weighted by Gasteiger charge is -2.19. The smallest absolute Gasteiger partial charge is 0.306 e. The van der Waals surface area contributed by atoms with E-state index in [1.807, 2.05) is 0 Å². The van der Waals surface area contributed by atoms with Crippen molar-refractivity contribution >= 4 is 29.2 Å². The van der Waals surface area contributed by atoms with Crippen LogP contribution in [0.15, 0.2) is 24.3 Å². The summed E-state index contributed by atoms with van der Waals surface area (Å²) in [6, 6.07) is 6.94. The fourth-order valence-electron chi connectivity index (χ4n) is 1.38. The predicted octanol–water partition coefficient (Wildman–Crippen LogP) is 3.40. The number of hydrogen-bond donors (Lipinski definition) is 1. The lowest BCUT2D eigenvalue weighted by Crippen LogP contribution is -2.24. The van der Waals surface area contributed by atoms with Crippen LogP contribution in [-0.2, 0) is 14.3 Å². The average molecular weight is 284 g/mol. The molecule has 19 heavy (non-hydrogen) atoms. The van der Waals surface area contributed by atoms with Crippen molar-refractivity contribution in [2.24, 2.45) is 0 Å². The van der Waals surface area contributed by atoms with Gasteiger partial charge in [0.25, 0.3) is 0 Å². The zero-order chi connectivity index (χ0) is 14.5. The lowest BCUT2D eigenvalue weighted by atomic mass is 10.2. The van der Waals surface area contributed by atoms with Crippen LogP contribution in [0.2, 0.25) is 5.02 Å². The molecule has 0 saturated heterocycles. The summed E-state index contributed by atoms with van der Waals surface area (Å²) >= 11 is 5.91. The molecule has 0 spiro atoms. The summed E-state index contributed by atoms with van der Waals surface area (Å²) in [5.74, 6) is -0.652. The van der Waals surface area contributed by atoms with Gasteiger partial charge in [-0.05, 0) is 32.9 Å². The van der Waals surface area contributed by atoms with Crippen LogP contribution in [0.3, 0.4) is 0 Å². The summed E-state index contributed by atoms with van der Waals surface area (Å²) < 4.78 is 5.12. The number of carbonyl (C=O) groups excluding carboxylic acids is 2. The molecule has 1 N–H and O–H groups in total. The van der Waals surface area contributed by atoms with E-state index in [0.717, 1.165) is 0 Å². The van der Waals surface area contributed by atoms with Gasteiger partial charge in [0.1, 0.15) is 5.60 Å². The van der Waals surface area contributed by atoms with E-state index in [9.17, 15) is 9.59 Å². The molecule has 1 aromatic rings. The topological polar surface area (TPSA) is 55.4 Å². The summed E-state index contributed by atoms with van der Waals surface area (Å²) in [7, 11) is 0. The van der Waals surface area contributed by atoms with Crippen molar-refractivity contribution in [2.75, 3.05) is 5.32 Å². The first-order valence-corrected chi connectivity index (χ1v) is 6.42. The molecule has 104 valence electrons. The number of para-hydroxylation sites is 1. The average Bonchev–Trinajstić information content (AvgIpc) is 2.27. The van der Waals surface area contributed by atoms with Crippen LogP contribution >= 0.6 is 11.6 Å². The van der Waals surface area contributed by atoms with Crippen molar-refractivity contribution in [1.29, 1.82) is 0 Å². The minimum Gasteiger partial charge on any atom is -0.460 e. The predicted molar refractivity (Wildman–Crippen MR) is 75.2 cm³/mol. The molecule has 0 aliphatic rings. The Balaban J connectivity index is 2.41. The molecule has 0 atom stereocenters. The Hall–Kier alpha value is -1.55. The molecule has 4 nitrogen and oxygen atoms in total. The highest BCUT2D eigenvalue weighted by molar-refractivity contribution is 6.33. The Bertz CT molecular complexity index is 466. The van der Waals surface area contributed by atoms with Gasteiger partial charge in [-0.25, -0.2) is 0 Å². The Kier molecular flexibility index (Phi) is 5.36. The SMILES string of the molecule is CC(C)(C)OC(=O)CCC(=O)Nc1ccccc1Cl. The number of ether oxygens (including phenoxy) is 1. The Morgan fingerprint density at radius 1 is 1.21 bits per heavy atom. The molecule has 0 heterocycles. The van der Waals surface area contributed by atoms with Gasteiger partial charge in [0, 0.05) is 6.42 Å². The van der Waals surface area contributed by atoms with Crippen molar-refractivity contribution in [3.8, 4) is 0 Å². The second-order valence-corrected chi connectivity index (χ2v) is 5.52. The number of carbonyl (C=O) groups is 2. The molecule has 1 aromatic carbocycles. The zero-order valence-corrected chi connectivity index (χ0v) is 12.1. The summed E-state index contributed by atoms with van der Waals surface area (Å²) in [4.78, 5) is 23.1. The van der Waals surface area contributed by atoms with Crippen molar-refractivity contribution in [3.63, 3.8) is 0 Å². The third kappa shape index (κ3) is 6.25. The molecule has 5 heteroatoms. The third-order valence-corrected chi connectivity index (χ3v) is 2.45. The van der Waals surface area contributed by atoms with Crippen molar-refractivity contribution in [1.82, 2.24) is 0 Å². The highest BCUT2D eigenvalue weighted by Gasteiger charge is 2.17. The molecular formula is C14H18ClNO3. The number of anilines is 1. The van der Waals surface area contributed by atoms with Gasteiger partial charge in [-0.1, -0.05) is 23.7 Å². The van der Waals surface area contributed by atoms with Gasteiger partial charge in [-0.15, -0.1) is 0 Å². The number of benzene rings is 1. The molecule has 0 radical (unpaired) electrons. The van der Waals surface area contributed by atoms with Gasteiger partial charge >= 0.3 is 5.97 Å². The van der Waals surface area contributed by atoms with Gasteiger partial charge in [0.2, 0.25) is 5.91 Å². The van der Waals surface area contributed by atoms with Crippen LogP contribution in [0, 0.1) is 0 Å². The molecule has 0 aliphatic carbocycles. The highest BCUT2D eigenvalue weighted by Crippen LogP contribution is 2.20. The highest BCUT2D eigenvalue weighted by atomic mass is 35.5. The van der Waals surface area contributed by atoms with Crippen LogP contribution < -0.4 is 5.32 Å². The van der Waals surface area contributed by atoms with Gasteiger partial charge in [-0.2, -0.15) is 0 Å². The van der Waals surface area contributed by atoms with Crippen LogP contribution in [-0.4, -0.2) is 17.5 Å².